The summed E-state index contributed by atoms with van der Waals surface area (Å²) in [6.45, 7) is 5.31. The third-order valence-electron chi connectivity index (χ3n) is 2.93. The summed E-state index contributed by atoms with van der Waals surface area (Å²) in [7, 11) is 0. The fourth-order valence-corrected chi connectivity index (χ4v) is 2.12. The molecule has 0 aliphatic carbocycles. The zero-order valence-electron chi connectivity index (χ0n) is 10.6. The van der Waals surface area contributed by atoms with Gasteiger partial charge in [-0.05, 0) is 25.0 Å². The molecule has 96 valence electrons. The van der Waals surface area contributed by atoms with E-state index in [4.69, 9.17) is 4.89 Å². The van der Waals surface area contributed by atoms with Crippen LogP contribution < -0.4 is 9.79 Å². The molecule has 1 aromatic carbocycles. The molecule has 0 unspecified atom stereocenters. The maximum atomic E-state index is 11.5. The molecule has 18 heavy (non-hydrogen) atoms. The summed E-state index contributed by atoms with van der Waals surface area (Å²) in [6, 6.07) is 3.73. The minimum Gasteiger partial charge on any atom is -0.312 e. The lowest BCUT2D eigenvalue weighted by atomic mass is 10.1. The third-order valence-corrected chi connectivity index (χ3v) is 2.93. The summed E-state index contributed by atoms with van der Waals surface area (Å²) in [5.74, 6) is 0.0240. The van der Waals surface area contributed by atoms with Crippen LogP contribution in [0.5, 0.6) is 5.75 Å². The second-order valence-corrected chi connectivity index (χ2v) is 4.29. The molecule has 0 aromatic heterocycles. The minimum absolute atomic E-state index is 0.00367. The maximum Gasteiger partial charge on any atom is 0.352 e. The highest BCUT2D eigenvalue weighted by Gasteiger charge is 2.27. The van der Waals surface area contributed by atoms with Crippen LogP contribution >= 0.6 is 0 Å². The van der Waals surface area contributed by atoms with Crippen molar-refractivity contribution >= 4 is 17.6 Å². The van der Waals surface area contributed by atoms with Gasteiger partial charge in [-0.25, -0.2) is 4.79 Å². The van der Waals surface area contributed by atoms with Gasteiger partial charge in [0.1, 0.15) is 0 Å². The minimum atomic E-state index is -0.506. The molecule has 1 aliphatic heterocycles. The predicted molar refractivity (Wildman–Crippen MR) is 65.3 cm³/mol. The lowest BCUT2D eigenvalue weighted by Gasteiger charge is -2.16. The molecule has 5 heteroatoms. The first kappa shape index (κ1) is 12.4. The summed E-state index contributed by atoms with van der Waals surface area (Å²) >= 11 is 0. The van der Waals surface area contributed by atoms with Crippen molar-refractivity contribution < 1.29 is 19.4 Å². The van der Waals surface area contributed by atoms with E-state index in [1.807, 2.05) is 19.1 Å². The van der Waals surface area contributed by atoms with E-state index in [-0.39, 0.29) is 5.91 Å². The standard InChI is InChI=1S/C13H15NO4/c1-8-4-5-12-11(6-7-14(12)9(2)15)13(8)18-17-10(3)16/h4-5H,6-7H2,1-3H3. The molecule has 0 radical (unpaired) electrons. The number of hydrogen-bond donors (Lipinski definition) is 0. The number of amides is 1. The van der Waals surface area contributed by atoms with Gasteiger partial charge in [-0.1, -0.05) is 6.07 Å². The first-order chi connectivity index (χ1) is 8.50. The molecular formula is C13H15NO4. The number of nitrogens with zero attached hydrogens (tertiary/aromatic N) is 1. The summed E-state index contributed by atoms with van der Waals surface area (Å²) in [5.41, 5.74) is 2.61. The summed E-state index contributed by atoms with van der Waals surface area (Å²) in [4.78, 5) is 33.6. The van der Waals surface area contributed by atoms with Gasteiger partial charge in [0, 0.05) is 26.0 Å². The molecule has 1 amide bonds. The number of fused-ring (bicyclic) bond motifs is 1. The molecule has 0 bridgehead atoms. The van der Waals surface area contributed by atoms with Crippen LogP contribution in [0.25, 0.3) is 0 Å². The van der Waals surface area contributed by atoms with Crippen molar-refractivity contribution in [3.63, 3.8) is 0 Å². The molecule has 0 spiro atoms. The summed E-state index contributed by atoms with van der Waals surface area (Å²) in [5, 5.41) is 0. The van der Waals surface area contributed by atoms with Gasteiger partial charge in [0.2, 0.25) is 5.91 Å². The Hall–Kier alpha value is -2.04. The smallest absolute Gasteiger partial charge is 0.312 e. The number of aryl methyl sites for hydroxylation is 1. The van der Waals surface area contributed by atoms with E-state index in [2.05, 4.69) is 4.89 Å². The van der Waals surface area contributed by atoms with Crippen molar-refractivity contribution in [2.24, 2.45) is 0 Å². The van der Waals surface area contributed by atoms with Gasteiger partial charge in [0.25, 0.3) is 0 Å². The Morgan fingerprint density at radius 2 is 2.00 bits per heavy atom. The van der Waals surface area contributed by atoms with Gasteiger partial charge < -0.3 is 4.90 Å². The number of carbonyl (C=O) groups excluding carboxylic acids is 2. The molecule has 0 fully saturated rings. The van der Waals surface area contributed by atoms with E-state index < -0.39 is 5.97 Å². The highest BCUT2D eigenvalue weighted by molar-refractivity contribution is 5.94. The average Bonchev–Trinajstić information content (AvgIpc) is 2.71. The van der Waals surface area contributed by atoms with E-state index in [0.29, 0.717) is 18.7 Å². The number of hydrogen-bond acceptors (Lipinski definition) is 4. The van der Waals surface area contributed by atoms with Crippen molar-refractivity contribution in [3.05, 3.63) is 23.3 Å². The monoisotopic (exact) mass is 249 g/mol. The summed E-state index contributed by atoms with van der Waals surface area (Å²) in [6.07, 6.45) is 0.702. The van der Waals surface area contributed by atoms with Crippen LogP contribution in [0.1, 0.15) is 25.0 Å². The number of rotatable bonds is 2. The van der Waals surface area contributed by atoms with Crippen molar-refractivity contribution in [2.45, 2.75) is 27.2 Å². The number of benzene rings is 1. The largest absolute Gasteiger partial charge is 0.352 e. The molecule has 1 aliphatic rings. The highest BCUT2D eigenvalue weighted by atomic mass is 17.2. The van der Waals surface area contributed by atoms with Crippen molar-refractivity contribution in [3.8, 4) is 5.75 Å². The second kappa shape index (κ2) is 4.68. The van der Waals surface area contributed by atoms with E-state index in [1.54, 1.807) is 4.90 Å². The Morgan fingerprint density at radius 1 is 1.28 bits per heavy atom. The van der Waals surface area contributed by atoms with Gasteiger partial charge >= 0.3 is 5.97 Å². The molecule has 0 saturated carbocycles. The Bertz CT molecular complexity index is 510. The fourth-order valence-electron chi connectivity index (χ4n) is 2.12. The Morgan fingerprint density at radius 3 is 2.61 bits per heavy atom. The second-order valence-electron chi connectivity index (χ2n) is 4.29. The van der Waals surface area contributed by atoms with Crippen molar-refractivity contribution in [2.75, 3.05) is 11.4 Å². The highest BCUT2D eigenvalue weighted by Crippen LogP contribution is 2.37. The van der Waals surface area contributed by atoms with Crippen LogP contribution in [-0.4, -0.2) is 18.4 Å². The van der Waals surface area contributed by atoms with Crippen molar-refractivity contribution in [1.82, 2.24) is 0 Å². The van der Waals surface area contributed by atoms with Crippen LogP contribution in [0.4, 0.5) is 5.69 Å². The van der Waals surface area contributed by atoms with Crippen LogP contribution in [-0.2, 0) is 20.9 Å². The zero-order valence-corrected chi connectivity index (χ0v) is 10.6. The molecule has 0 N–H and O–H groups in total. The van der Waals surface area contributed by atoms with Gasteiger partial charge in [0.15, 0.2) is 5.75 Å². The van der Waals surface area contributed by atoms with Crippen LogP contribution in [0, 0.1) is 6.92 Å². The van der Waals surface area contributed by atoms with Gasteiger partial charge in [-0.3, -0.25) is 14.6 Å². The van der Waals surface area contributed by atoms with Crippen LogP contribution in [0.2, 0.25) is 0 Å². The van der Waals surface area contributed by atoms with E-state index in [0.717, 1.165) is 16.8 Å². The SMILES string of the molecule is CC(=O)OOc1c(C)ccc2c1CCN2C(C)=O. The van der Waals surface area contributed by atoms with Crippen molar-refractivity contribution in [1.29, 1.82) is 0 Å². The molecule has 5 nitrogen and oxygen atoms in total. The molecule has 1 aromatic rings. The van der Waals surface area contributed by atoms with Gasteiger partial charge in [-0.15, -0.1) is 0 Å². The number of anilines is 1. The Kier molecular flexibility index (Phi) is 3.23. The van der Waals surface area contributed by atoms with E-state index in [9.17, 15) is 9.59 Å². The summed E-state index contributed by atoms with van der Waals surface area (Å²) < 4.78 is 0. The average molecular weight is 249 g/mol. The van der Waals surface area contributed by atoms with Gasteiger partial charge in [-0.2, -0.15) is 0 Å². The fraction of sp³-hybridized carbons (Fsp3) is 0.385. The first-order valence-electron chi connectivity index (χ1n) is 5.76. The van der Waals surface area contributed by atoms with E-state index in [1.165, 1.54) is 13.8 Å². The van der Waals surface area contributed by atoms with Crippen LogP contribution in [0.15, 0.2) is 12.1 Å². The first-order valence-corrected chi connectivity index (χ1v) is 5.76. The molecule has 2 rings (SSSR count). The Labute approximate surface area is 105 Å². The lowest BCUT2D eigenvalue weighted by molar-refractivity contribution is -0.211. The predicted octanol–water partition coefficient (Wildman–Crippen LogP) is 1.76. The van der Waals surface area contributed by atoms with E-state index >= 15 is 0 Å². The quantitative estimate of drug-likeness (QED) is 0.592. The van der Waals surface area contributed by atoms with Gasteiger partial charge in [0.05, 0.1) is 5.69 Å². The maximum absolute atomic E-state index is 11.5. The topological polar surface area (TPSA) is 55.8 Å². The molecule has 0 atom stereocenters. The normalized spacial score (nSPS) is 13.2. The zero-order chi connectivity index (χ0) is 13.3. The number of carbonyl (C=O) groups is 2. The lowest BCUT2D eigenvalue weighted by Crippen LogP contribution is -2.25. The molecular weight excluding hydrogens is 234 g/mol. The molecule has 0 saturated heterocycles. The van der Waals surface area contributed by atoms with Crippen LogP contribution in [0.3, 0.4) is 0 Å². The Balaban J connectivity index is 2.36. The molecule has 1 heterocycles. The third kappa shape index (κ3) is 2.16.